The first-order chi connectivity index (χ1) is 8.17. The standard InChI is InChI=1S/C11H14N4O2/c1-2-10(16)14-9-5-12-15(6-9)7-11(17)13-8-3-4-8/h2,5-6,8H,1,3-4,7H2,(H,13,17)(H,14,16). The molecule has 0 aromatic carbocycles. The highest BCUT2D eigenvalue weighted by molar-refractivity contribution is 5.98. The predicted octanol–water partition coefficient (Wildman–Crippen LogP) is 0.286. The summed E-state index contributed by atoms with van der Waals surface area (Å²) in [4.78, 5) is 22.5. The maximum absolute atomic E-state index is 11.5. The van der Waals surface area contributed by atoms with Gasteiger partial charge in [-0.05, 0) is 18.9 Å². The average molecular weight is 234 g/mol. The smallest absolute Gasteiger partial charge is 0.247 e. The van der Waals surface area contributed by atoms with Gasteiger partial charge in [-0.1, -0.05) is 6.58 Å². The number of hydrogen-bond acceptors (Lipinski definition) is 3. The fourth-order valence-corrected chi connectivity index (χ4v) is 1.36. The van der Waals surface area contributed by atoms with E-state index in [1.165, 1.54) is 17.0 Å². The minimum Gasteiger partial charge on any atom is -0.352 e. The monoisotopic (exact) mass is 234 g/mol. The number of amides is 2. The Hall–Kier alpha value is -2.11. The lowest BCUT2D eigenvalue weighted by molar-refractivity contribution is -0.122. The molecule has 1 aromatic heterocycles. The number of aromatic nitrogens is 2. The molecule has 0 aliphatic heterocycles. The Morgan fingerprint density at radius 3 is 3.00 bits per heavy atom. The largest absolute Gasteiger partial charge is 0.352 e. The van der Waals surface area contributed by atoms with Crippen LogP contribution in [0.4, 0.5) is 5.69 Å². The molecule has 0 unspecified atom stereocenters. The van der Waals surface area contributed by atoms with E-state index >= 15 is 0 Å². The van der Waals surface area contributed by atoms with Crippen molar-refractivity contribution in [3.05, 3.63) is 25.0 Å². The summed E-state index contributed by atoms with van der Waals surface area (Å²) >= 11 is 0. The molecule has 17 heavy (non-hydrogen) atoms. The molecular formula is C11H14N4O2. The van der Waals surface area contributed by atoms with Gasteiger partial charge in [-0.15, -0.1) is 0 Å². The Morgan fingerprint density at radius 1 is 1.59 bits per heavy atom. The van der Waals surface area contributed by atoms with Crippen molar-refractivity contribution < 1.29 is 9.59 Å². The maximum atomic E-state index is 11.5. The van der Waals surface area contributed by atoms with Crippen LogP contribution in [-0.2, 0) is 16.1 Å². The molecule has 1 aliphatic carbocycles. The van der Waals surface area contributed by atoms with Gasteiger partial charge in [-0.2, -0.15) is 5.10 Å². The van der Waals surface area contributed by atoms with E-state index in [4.69, 9.17) is 0 Å². The first-order valence-electron chi connectivity index (χ1n) is 5.42. The van der Waals surface area contributed by atoms with Crippen molar-refractivity contribution in [2.75, 3.05) is 5.32 Å². The summed E-state index contributed by atoms with van der Waals surface area (Å²) in [6.45, 7) is 3.52. The Morgan fingerprint density at radius 2 is 2.35 bits per heavy atom. The Labute approximate surface area is 98.7 Å². The van der Waals surface area contributed by atoms with Gasteiger partial charge < -0.3 is 10.6 Å². The summed E-state index contributed by atoms with van der Waals surface area (Å²) in [6, 6.07) is 0.345. The minimum atomic E-state index is -0.299. The van der Waals surface area contributed by atoms with Crippen LogP contribution in [0.15, 0.2) is 25.0 Å². The van der Waals surface area contributed by atoms with Gasteiger partial charge in [0.25, 0.3) is 0 Å². The lowest BCUT2D eigenvalue weighted by Gasteiger charge is -2.02. The first kappa shape index (κ1) is 11.4. The van der Waals surface area contributed by atoms with Crippen LogP contribution in [0.5, 0.6) is 0 Å². The van der Waals surface area contributed by atoms with Gasteiger partial charge in [0, 0.05) is 12.2 Å². The summed E-state index contributed by atoms with van der Waals surface area (Å²) in [5, 5.41) is 9.40. The van der Waals surface area contributed by atoms with Crippen LogP contribution in [-0.4, -0.2) is 27.6 Å². The van der Waals surface area contributed by atoms with E-state index in [-0.39, 0.29) is 18.4 Å². The van der Waals surface area contributed by atoms with E-state index in [1.54, 1.807) is 6.20 Å². The molecule has 0 radical (unpaired) electrons. The molecule has 6 heteroatoms. The number of nitrogens with zero attached hydrogens (tertiary/aromatic N) is 2. The topological polar surface area (TPSA) is 76.0 Å². The molecule has 0 spiro atoms. The fraction of sp³-hybridized carbons (Fsp3) is 0.364. The van der Waals surface area contributed by atoms with Crippen molar-refractivity contribution in [3.63, 3.8) is 0 Å². The number of carbonyl (C=O) groups excluding carboxylic acids is 2. The van der Waals surface area contributed by atoms with Gasteiger partial charge in [-0.25, -0.2) is 0 Å². The third-order valence-corrected chi connectivity index (χ3v) is 2.33. The lowest BCUT2D eigenvalue weighted by Crippen LogP contribution is -2.29. The van der Waals surface area contributed by atoms with Gasteiger partial charge >= 0.3 is 0 Å². The van der Waals surface area contributed by atoms with Crippen LogP contribution in [0.25, 0.3) is 0 Å². The highest BCUT2D eigenvalue weighted by Crippen LogP contribution is 2.18. The van der Waals surface area contributed by atoms with Crippen LogP contribution in [0.1, 0.15) is 12.8 Å². The molecule has 1 aliphatic rings. The number of carbonyl (C=O) groups is 2. The van der Waals surface area contributed by atoms with E-state index in [1.807, 2.05) is 0 Å². The fourth-order valence-electron chi connectivity index (χ4n) is 1.36. The number of nitrogens with one attached hydrogen (secondary N) is 2. The molecule has 2 rings (SSSR count). The van der Waals surface area contributed by atoms with Crippen molar-refractivity contribution in [3.8, 4) is 0 Å². The van der Waals surface area contributed by atoms with Crippen LogP contribution in [0.2, 0.25) is 0 Å². The predicted molar refractivity (Wildman–Crippen MR) is 62.2 cm³/mol. The van der Waals surface area contributed by atoms with Crippen LogP contribution < -0.4 is 10.6 Å². The molecule has 6 nitrogen and oxygen atoms in total. The summed E-state index contributed by atoms with van der Waals surface area (Å²) < 4.78 is 1.48. The second kappa shape index (κ2) is 4.82. The summed E-state index contributed by atoms with van der Waals surface area (Å²) in [5.41, 5.74) is 0.550. The molecule has 0 saturated heterocycles. The van der Waals surface area contributed by atoms with Crippen molar-refractivity contribution in [1.82, 2.24) is 15.1 Å². The summed E-state index contributed by atoms with van der Waals surface area (Å²) in [7, 11) is 0. The number of anilines is 1. The molecule has 2 N–H and O–H groups in total. The molecule has 90 valence electrons. The van der Waals surface area contributed by atoms with Gasteiger partial charge in [0.15, 0.2) is 0 Å². The van der Waals surface area contributed by atoms with E-state index < -0.39 is 0 Å². The van der Waals surface area contributed by atoms with Gasteiger partial charge in [0.1, 0.15) is 6.54 Å². The zero-order valence-corrected chi connectivity index (χ0v) is 9.35. The van der Waals surface area contributed by atoms with Crippen molar-refractivity contribution in [2.24, 2.45) is 0 Å². The molecule has 1 heterocycles. The molecule has 0 bridgehead atoms. The van der Waals surface area contributed by atoms with Crippen LogP contribution in [0, 0.1) is 0 Å². The van der Waals surface area contributed by atoms with Crippen molar-refractivity contribution in [2.45, 2.75) is 25.4 Å². The highest BCUT2D eigenvalue weighted by atomic mass is 16.2. The van der Waals surface area contributed by atoms with E-state index in [0.29, 0.717) is 11.7 Å². The summed E-state index contributed by atoms with van der Waals surface area (Å²) in [5.74, 6) is -0.357. The van der Waals surface area contributed by atoms with Gasteiger partial charge in [-0.3, -0.25) is 14.3 Å². The maximum Gasteiger partial charge on any atom is 0.247 e. The molecule has 0 atom stereocenters. The third-order valence-electron chi connectivity index (χ3n) is 2.33. The zero-order chi connectivity index (χ0) is 12.3. The highest BCUT2D eigenvalue weighted by Gasteiger charge is 2.23. The minimum absolute atomic E-state index is 0.0582. The Bertz CT molecular complexity index is 448. The first-order valence-corrected chi connectivity index (χ1v) is 5.42. The normalized spacial score (nSPS) is 14.1. The lowest BCUT2D eigenvalue weighted by atomic mass is 10.5. The Balaban J connectivity index is 1.86. The molecule has 1 saturated carbocycles. The zero-order valence-electron chi connectivity index (χ0n) is 9.35. The molecular weight excluding hydrogens is 220 g/mol. The molecule has 2 amide bonds. The SMILES string of the molecule is C=CC(=O)Nc1cnn(CC(=O)NC2CC2)c1. The number of hydrogen-bond donors (Lipinski definition) is 2. The molecule has 1 aromatic rings. The average Bonchev–Trinajstić information content (AvgIpc) is 2.99. The third kappa shape index (κ3) is 3.44. The second-order valence-corrected chi connectivity index (χ2v) is 3.96. The van der Waals surface area contributed by atoms with E-state index in [0.717, 1.165) is 12.8 Å². The van der Waals surface area contributed by atoms with Crippen LogP contribution in [0.3, 0.4) is 0 Å². The van der Waals surface area contributed by atoms with E-state index in [9.17, 15) is 9.59 Å². The Kier molecular flexibility index (Phi) is 3.22. The van der Waals surface area contributed by atoms with Crippen molar-refractivity contribution >= 4 is 17.5 Å². The van der Waals surface area contributed by atoms with E-state index in [2.05, 4.69) is 22.3 Å². The van der Waals surface area contributed by atoms with Crippen molar-refractivity contribution in [1.29, 1.82) is 0 Å². The quantitative estimate of drug-likeness (QED) is 0.719. The second-order valence-electron chi connectivity index (χ2n) is 3.96. The molecule has 1 fully saturated rings. The van der Waals surface area contributed by atoms with Gasteiger partial charge in [0.05, 0.1) is 11.9 Å². The summed E-state index contributed by atoms with van der Waals surface area (Å²) in [6.07, 6.45) is 6.40. The number of rotatable bonds is 5. The van der Waals surface area contributed by atoms with Crippen LogP contribution >= 0.6 is 0 Å². The van der Waals surface area contributed by atoms with Gasteiger partial charge in [0.2, 0.25) is 11.8 Å².